The molecule has 0 bridgehead atoms. The number of esters is 1. The first-order valence-electron chi connectivity index (χ1n) is 4.96. The van der Waals surface area contributed by atoms with Crippen molar-refractivity contribution < 1.29 is 14.3 Å². The predicted molar refractivity (Wildman–Crippen MR) is 59.2 cm³/mol. The number of pyridine rings is 1. The largest absolute Gasteiger partial charge is 0.462 e. The molecule has 86 valence electrons. The van der Waals surface area contributed by atoms with Crippen molar-refractivity contribution in [2.45, 2.75) is 20.8 Å². The van der Waals surface area contributed by atoms with E-state index in [9.17, 15) is 9.59 Å². The Bertz CT molecular complexity index is 416. The highest BCUT2D eigenvalue weighted by Gasteiger charge is 2.17. The summed E-state index contributed by atoms with van der Waals surface area (Å²) in [5.41, 5.74) is 1.02. The summed E-state index contributed by atoms with van der Waals surface area (Å²) in [7, 11) is 0. The van der Waals surface area contributed by atoms with Gasteiger partial charge in [0, 0.05) is 13.1 Å². The van der Waals surface area contributed by atoms with Crippen molar-refractivity contribution in [3.05, 3.63) is 23.4 Å². The number of anilines is 1. The van der Waals surface area contributed by atoms with E-state index in [0.29, 0.717) is 5.56 Å². The van der Waals surface area contributed by atoms with Gasteiger partial charge in [-0.1, -0.05) is 0 Å². The number of hydrogen-bond acceptors (Lipinski definition) is 4. The lowest BCUT2D eigenvalue weighted by molar-refractivity contribution is -0.114. The second-order valence-electron chi connectivity index (χ2n) is 3.25. The zero-order chi connectivity index (χ0) is 12.1. The number of ether oxygens (including phenoxy) is 1. The molecule has 1 rings (SSSR count). The second kappa shape index (κ2) is 5.25. The number of aromatic nitrogens is 1. The minimum Gasteiger partial charge on any atom is -0.462 e. The Hall–Kier alpha value is -1.91. The summed E-state index contributed by atoms with van der Waals surface area (Å²) >= 11 is 0. The highest BCUT2D eigenvalue weighted by atomic mass is 16.5. The number of rotatable bonds is 3. The lowest BCUT2D eigenvalue weighted by Gasteiger charge is -2.10. The van der Waals surface area contributed by atoms with Crippen molar-refractivity contribution in [2.75, 3.05) is 11.9 Å². The van der Waals surface area contributed by atoms with Gasteiger partial charge in [-0.3, -0.25) is 4.79 Å². The van der Waals surface area contributed by atoms with Crippen molar-refractivity contribution in [2.24, 2.45) is 0 Å². The Kier molecular flexibility index (Phi) is 3.99. The van der Waals surface area contributed by atoms with E-state index in [1.807, 2.05) is 0 Å². The molecule has 0 aliphatic heterocycles. The molecule has 0 aromatic carbocycles. The molecule has 0 aliphatic rings. The highest BCUT2D eigenvalue weighted by Crippen LogP contribution is 2.17. The second-order valence-corrected chi connectivity index (χ2v) is 3.25. The number of carbonyl (C=O) groups is 2. The molecule has 0 fully saturated rings. The summed E-state index contributed by atoms with van der Waals surface area (Å²) in [6.45, 7) is 5.13. The van der Waals surface area contributed by atoms with Crippen LogP contribution in [0.2, 0.25) is 0 Å². The van der Waals surface area contributed by atoms with Crippen LogP contribution in [0.3, 0.4) is 0 Å². The third kappa shape index (κ3) is 2.79. The SMILES string of the molecule is CCOC(=O)c1c(C)ccnc1NC(C)=O. The summed E-state index contributed by atoms with van der Waals surface area (Å²) in [5.74, 6) is -0.508. The quantitative estimate of drug-likeness (QED) is 0.787. The topological polar surface area (TPSA) is 68.3 Å². The summed E-state index contributed by atoms with van der Waals surface area (Å²) in [5, 5.41) is 2.50. The lowest BCUT2D eigenvalue weighted by Crippen LogP contribution is -2.15. The Morgan fingerprint density at radius 1 is 1.50 bits per heavy atom. The summed E-state index contributed by atoms with van der Waals surface area (Å²) in [6.07, 6.45) is 1.53. The Morgan fingerprint density at radius 3 is 2.75 bits per heavy atom. The van der Waals surface area contributed by atoms with Gasteiger partial charge in [0.05, 0.1) is 6.61 Å². The van der Waals surface area contributed by atoms with Crippen LogP contribution in [0.15, 0.2) is 12.3 Å². The minimum atomic E-state index is -0.475. The van der Waals surface area contributed by atoms with Crippen LogP contribution in [0.5, 0.6) is 0 Å². The monoisotopic (exact) mass is 222 g/mol. The molecule has 0 radical (unpaired) electrons. The highest BCUT2D eigenvalue weighted by molar-refractivity contribution is 6.00. The molecule has 5 heteroatoms. The molecule has 0 unspecified atom stereocenters. The van der Waals surface area contributed by atoms with Gasteiger partial charge in [0.25, 0.3) is 0 Å². The van der Waals surface area contributed by atoms with Gasteiger partial charge in [-0.05, 0) is 25.5 Å². The molecule has 0 saturated carbocycles. The molecule has 0 aliphatic carbocycles. The van der Waals surface area contributed by atoms with Crippen molar-refractivity contribution in [1.82, 2.24) is 4.98 Å². The third-order valence-electron chi connectivity index (χ3n) is 1.93. The van der Waals surface area contributed by atoms with Crippen LogP contribution in [0, 0.1) is 6.92 Å². The normalized spacial score (nSPS) is 9.69. The van der Waals surface area contributed by atoms with Gasteiger partial charge in [0.2, 0.25) is 5.91 Å². The molecule has 1 heterocycles. The maximum Gasteiger partial charge on any atom is 0.342 e. The van der Waals surface area contributed by atoms with Gasteiger partial charge >= 0.3 is 5.97 Å². The Labute approximate surface area is 93.8 Å². The van der Waals surface area contributed by atoms with Gasteiger partial charge < -0.3 is 10.1 Å². The lowest BCUT2D eigenvalue weighted by atomic mass is 10.1. The number of nitrogens with zero attached hydrogens (tertiary/aromatic N) is 1. The van der Waals surface area contributed by atoms with E-state index >= 15 is 0 Å². The summed E-state index contributed by atoms with van der Waals surface area (Å²) in [6, 6.07) is 1.69. The summed E-state index contributed by atoms with van der Waals surface area (Å²) < 4.78 is 4.90. The van der Waals surface area contributed by atoms with Crippen LogP contribution < -0.4 is 5.32 Å². The van der Waals surface area contributed by atoms with Crippen molar-refractivity contribution in [3.8, 4) is 0 Å². The van der Waals surface area contributed by atoms with Crippen LogP contribution in [-0.2, 0) is 9.53 Å². The molecular weight excluding hydrogens is 208 g/mol. The number of carbonyl (C=O) groups excluding carboxylic acids is 2. The van der Waals surface area contributed by atoms with Gasteiger partial charge in [-0.25, -0.2) is 9.78 Å². The molecule has 1 amide bonds. The first kappa shape index (κ1) is 12.2. The Morgan fingerprint density at radius 2 is 2.19 bits per heavy atom. The molecular formula is C11H14N2O3. The predicted octanol–water partition coefficient (Wildman–Crippen LogP) is 1.53. The van der Waals surface area contributed by atoms with Crippen LogP contribution in [0.4, 0.5) is 5.82 Å². The van der Waals surface area contributed by atoms with E-state index in [-0.39, 0.29) is 18.3 Å². The van der Waals surface area contributed by atoms with Crippen molar-refractivity contribution in [3.63, 3.8) is 0 Å². The fourth-order valence-corrected chi connectivity index (χ4v) is 1.28. The average molecular weight is 222 g/mol. The van der Waals surface area contributed by atoms with E-state index < -0.39 is 5.97 Å². The molecule has 0 saturated heterocycles. The fraction of sp³-hybridized carbons (Fsp3) is 0.364. The number of aryl methyl sites for hydroxylation is 1. The van der Waals surface area contributed by atoms with Gasteiger partial charge in [-0.15, -0.1) is 0 Å². The third-order valence-corrected chi connectivity index (χ3v) is 1.93. The Balaban J connectivity index is 3.12. The first-order valence-corrected chi connectivity index (χ1v) is 4.96. The summed E-state index contributed by atoms with van der Waals surface area (Å²) in [4.78, 5) is 26.6. The number of amides is 1. The van der Waals surface area contributed by atoms with Crippen LogP contribution >= 0.6 is 0 Å². The van der Waals surface area contributed by atoms with Crippen LogP contribution in [0.25, 0.3) is 0 Å². The van der Waals surface area contributed by atoms with E-state index in [1.54, 1.807) is 19.9 Å². The molecule has 0 spiro atoms. The fourth-order valence-electron chi connectivity index (χ4n) is 1.28. The van der Waals surface area contributed by atoms with Gasteiger partial charge in [-0.2, -0.15) is 0 Å². The average Bonchev–Trinajstić information content (AvgIpc) is 2.16. The maximum atomic E-state index is 11.7. The van der Waals surface area contributed by atoms with Crippen molar-refractivity contribution in [1.29, 1.82) is 0 Å². The molecule has 16 heavy (non-hydrogen) atoms. The van der Waals surface area contributed by atoms with Crippen LogP contribution in [-0.4, -0.2) is 23.5 Å². The maximum absolute atomic E-state index is 11.7. The zero-order valence-corrected chi connectivity index (χ0v) is 9.53. The zero-order valence-electron chi connectivity index (χ0n) is 9.53. The standard InChI is InChI=1S/C11H14N2O3/c1-4-16-11(15)9-7(2)5-6-12-10(9)13-8(3)14/h5-6H,4H2,1-3H3,(H,12,13,14). The van der Waals surface area contributed by atoms with E-state index in [2.05, 4.69) is 10.3 Å². The van der Waals surface area contributed by atoms with E-state index in [0.717, 1.165) is 5.56 Å². The molecule has 1 aromatic heterocycles. The number of nitrogens with one attached hydrogen (secondary N) is 1. The molecule has 5 nitrogen and oxygen atoms in total. The molecule has 0 atom stereocenters. The van der Waals surface area contributed by atoms with Gasteiger partial charge in [0.15, 0.2) is 0 Å². The number of hydrogen-bond donors (Lipinski definition) is 1. The van der Waals surface area contributed by atoms with E-state index in [4.69, 9.17) is 4.74 Å². The van der Waals surface area contributed by atoms with E-state index in [1.165, 1.54) is 13.1 Å². The minimum absolute atomic E-state index is 0.242. The van der Waals surface area contributed by atoms with Gasteiger partial charge in [0.1, 0.15) is 11.4 Å². The first-order chi connectivity index (χ1) is 7.56. The molecule has 1 N–H and O–H groups in total. The smallest absolute Gasteiger partial charge is 0.342 e. The van der Waals surface area contributed by atoms with Crippen LogP contribution in [0.1, 0.15) is 29.8 Å². The molecule has 1 aromatic rings. The van der Waals surface area contributed by atoms with Crippen molar-refractivity contribution >= 4 is 17.7 Å².